The van der Waals surface area contributed by atoms with Gasteiger partial charge in [-0.05, 0) is 36.8 Å². The molecule has 0 unspecified atom stereocenters. The normalized spacial score (nSPS) is 11.3. The molecular weight excluding hydrogens is 402 g/mol. The number of halogens is 1. The van der Waals surface area contributed by atoms with Crippen molar-refractivity contribution in [3.05, 3.63) is 87.4 Å². The fraction of sp³-hybridized carbons (Fsp3) is 0.0455. The van der Waals surface area contributed by atoms with Crippen LogP contribution in [0.4, 0.5) is 5.69 Å². The van der Waals surface area contributed by atoms with Crippen molar-refractivity contribution in [1.29, 1.82) is 0 Å². The number of hydrogen-bond acceptors (Lipinski definition) is 5. The maximum absolute atomic E-state index is 11.3. The summed E-state index contributed by atoms with van der Waals surface area (Å²) in [6.45, 7) is 1.92. The van der Waals surface area contributed by atoms with Gasteiger partial charge in [0.15, 0.2) is 11.3 Å². The Kier molecular flexibility index (Phi) is 4.18. The molecule has 0 fully saturated rings. The van der Waals surface area contributed by atoms with Crippen LogP contribution in [-0.4, -0.2) is 24.4 Å². The van der Waals surface area contributed by atoms with Gasteiger partial charge in [-0.15, -0.1) is 0 Å². The molecule has 3 aromatic carbocycles. The minimum atomic E-state index is -0.427. The Morgan fingerprint density at radius 2 is 1.70 bits per heavy atom. The molecule has 0 aliphatic rings. The summed E-state index contributed by atoms with van der Waals surface area (Å²) >= 11 is 6.38. The zero-order valence-electron chi connectivity index (χ0n) is 15.8. The SMILES string of the molecule is Cc1ccc(-n2c(-c3cccc([N+](=O)[O-])c3)nc3nc4ccccc4nc32)cc1Cl. The maximum Gasteiger partial charge on any atom is 0.270 e. The van der Waals surface area contributed by atoms with Gasteiger partial charge in [-0.1, -0.05) is 41.9 Å². The molecule has 7 nitrogen and oxygen atoms in total. The molecule has 0 spiro atoms. The number of nitro groups is 1. The van der Waals surface area contributed by atoms with Crippen molar-refractivity contribution in [2.45, 2.75) is 6.92 Å². The molecule has 30 heavy (non-hydrogen) atoms. The van der Waals surface area contributed by atoms with Crippen molar-refractivity contribution < 1.29 is 4.92 Å². The van der Waals surface area contributed by atoms with Crippen molar-refractivity contribution in [1.82, 2.24) is 19.5 Å². The Morgan fingerprint density at radius 1 is 0.933 bits per heavy atom. The first-order valence-electron chi connectivity index (χ1n) is 9.18. The molecule has 0 aliphatic carbocycles. The van der Waals surface area contributed by atoms with Crippen molar-refractivity contribution >= 4 is 39.6 Å². The number of hydrogen-bond donors (Lipinski definition) is 0. The van der Waals surface area contributed by atoms with E-state index in [1.807, 2.05) is 54.0 Å². The average Bonchev–Trinajstić information content (AvgIpc) is 3.12. The van der Waals surface area contributed by atoms with Gasteiger partial charge in [-0.25, -0.2) is 15.0 Å². The van der Waals surface area contributed by atoms with Crippen LogP contribution in [0.15, 0.2) is 66.7 Å². The fourth-order valence-electron chi connectivity index (χ4n) is 3.37. The minimum absolute atomic E-state index is 0.0147. The predicted molar refractivity (Wildman–Crippen MR) is 116 cm³/mol. The summed E-state index contributed by atoms with van der Waals surface area (Å²) < 4.78 is 1.83. The molecule has 0 bridgehead atoms. The Morgan fingerprint density at radius 3 is 2.43 bits per heavy atom. The molecule has 0 radical (unpaired) electrons. The van der Waals surface area contributed by atoms with Crippen molar-refractivity contribution in [2.24, 2.45) is 0 Å². The van der Waals surface area contributed by atoms with Gasteiger partial charge in [0.1, 0.15) is 5.82 Å². The highest BCUT2D eigenvalue weighted by Crippen LogP contribution is 2.31. The zero-order chi connectivity index (χ0) is 20.8. The summed E-state index contributed by atoms with van der Waals surface area (Å²) in [4.78, 5) is 25.0. The van der Waals surface area contributed by atoms with Gasteiger partial charge < -0.3 is 0 Å². The molecule has 0 aliphatic heterocycles. The van der Waals surface area contributed by atoms with Crippen molar-refractivity contribution in [2.75, 3.05) is 0 Å². The first kappa shape index (κ1) is 18.2. The van der Waals surface area contributed by atoms with E-state index >= 15 is 0 Å². The number of non-ortho nitro benzene ring substituents is 1. The lowest BCUT2D eigenvalue weighted by atomic mass is 10.1. The Labute approximate surface area is 175 Å². The lowest BCUT2D eigenvalue weighted by molar-refractivity contribution is -0.384. The topological polar surface area (TPSA) is 86.7 Å². The Hall–Kier alpha value is -3.84. The second-order valence-corrected chi connectivity index (χ2v) is 7.28. The molecule has 0 saturated carbocycles. The molecule has 2 aromatic heterocycles. The van der Waals surface area contributed by atoms with Crippen molar-refractivity contribution in [3.8, 4) is 17.1 Å². The lowest BCUT2D eigenvalue weighted by Crippen LogP contribution is -2.00. The first-order chi connectivity index (χ1) is 14.5. The predicted octanol–water partition coefficient (Wildman–Crippen LogP) is 5.51. The van der Waals surface area contributed by atoms with Crippen LogP contribution in [-0.2, 0) is 0 Å². The second-order valence-electron chi connectivity index (χ2n) is 6.87. The van der Waals surface area contributed by atoms with Gasteiger partial charge in [0.25, 0.3) is 5.69 Å². The van der Waals surface area contributed by atoms with E-state index in [2.05, 4.69) is 9.97 Å². The average molecular weight is 416 g/mol. The van der Waals surface area contributed by atoms with E-state index in [9.17, 15) is 10.1 Å². The highest BCUT2D eigenvalue weighted by atomic mass is 35.5. The van der Waals surface area contributed by atoms with Crippen LogP contribution in [0.3, 0.4) is 0 Å². The Bertz CT molecular complexity index is 1460. The third kappa shape index (κ3) is 2.96. The summed E-state index contributed by atoms with van der Waals surface area (Å²) in [5.41, 5.74) is 4.72. The standard InChI is InChI=1S/C22H14ClN5O2/c1-13-9-10-15(12-17(13)23)27-21(14-5-4-6-16(11-14)28(29)30)26-20-22(27)25-19-8-3-2-7-18(19)24-20/h2-12H,1H3. The quantitative estimate of drug-likeness (QED) is 0.286. The van der Waals surface area contributed by atoms with Crippen LogP contribution in [0.2, 0.25) is 5.02 Å². The number of aryl methyl sites for hydroxylation is 1. The first-order valence-corrected chi connectivity index (χ1v) is 9.55. The number of fused-ring (bicyclic) bond motifs is 2. The maximum atomic E-state index is 11.3. The third-order valence-corrected chi connectivity index (χ3v) is 5.31. The molecule has 146 valence electrons. The summed E-state index contributed by atoms with van der Waals surface area (Å²) in [5.74, 6) is 0.504. The summed E-state index contributed by atoms with van der Waals surface area (Å²) in [6, 6.07) is 19.6. The highest BCUT2D eigenvalue weighted by Gasteiger charge is 2.19. The van der Waals surface area contributed by atoms with E-state index in [0.29, 0.717) is 27.7 Å². The fourth-order valence-corrected chi connectivity index (χ4v) is 3.55. The van der Waals surface area contributed by atoms with Crippen LogP contribution in [0, 0.1) is 17.0 Å². The molecule has 0 N–H and O–H groups in total. The van der Waals surface area contributed by atoms with E-state index in [-0.39, 0.29) is 5.69 Å². The van der Waals surface area contributed by atoms with Gasteiger partial charge in [0, 0.05) is 22.7 Å². The van der Waals surface area contributed by atoms with E-state index in [0.717, 1.165) is 22.3 Å². The molecule has 2 heterocycles. The zero-order valence-corrected chi connectivity index (χ0v) is 16.5. The lowest BCUT2D eigenvalue weighted by Gasteiger charge is -2.10. The molecule has 0 saturated heterocycles. The van der Waals surface area contributed by atoms with Gasteiger partial charge in [-0.3, -0.25) is 14.7 Å². The Balaban J connectivity index is 1.87. The molecule has 5 aromatic rings. The molecule has 5 rings (SSSR count). The van der Waals surface area contributed by atoms with Crippen LogP contribution in [0.1, 0.15) is 5.56 Å². The van der Waals surface area contributed by atoms with Crippen LogP contribution in [0.5, 0.6) is 0 Å². The van der Waals surface area contributed by atoms with E-state index in [1.54, 1.807) is 12.1 Å². The van der Waals surface area contributed by atoms with E-state index in [4.69, 9.17) is 16.6 Å². The van der Waals surface area contributed by atoms with E-state index in [1.165, 1.54) is 12.1 Å². The van der Waals surface area contributed by atoms with Crippen LogP contribution >= 0.6 is 11.6 Å². The van der Waals surface area contributed by atoms with Crippen LogP contribution < -0.4 is 0 Å². The number of para-hydroxylation sites is 2. The number of nitrogens with zero attached hydrogens (tertiary/aromatic N) is 5. The second kappa shape index (κ2) is 6.89. The van der Waals surface area contributed by atoms with Gasteiger partial charge in [0.05, 0.1) is 21.6 Å². The monoisotopic (exact) mass is 415 g/mol. The third-order valence-electron chi connectivity index (χ3n) is 4.90. The molecule has 0 atom stereocenters. The number of benzene rings is 3. The van der Waals surface area contributed by atoms with E-state index < -0.39 is 4.92 Å². The molecular formula is C22H14ClN5O2. The largest absolute Gasteiger partial charge is 0.275 e. The number of aromatic nitrogens is 4. The van der Waals surface area contributed by atoms with Crippen LogP contribution in [0.25, 0.3) is 39.4 Å². The molecule has 0 amide bonds. The summed E-state index contributed by atoms with van der Waals surface area (Å²) in [7, 11) is 0. The number of imidazole rings is 1. The summed E-state index contributed by atoms with van der Waals surface area (Å²) in [5, 5.41) is 11.9. The van der Waals surface area contributed by atoms with Crippen molar-refractivity contribution in [3.63, 3.8) is 0 Å². The minimum Gasteiger partial charge on any atom is -0.275 e. The van der Waals surface area contributed by atoms with Gasteiger partial charge >= 0.3 is 0 Å². The number of rotatable bonds is 3. The molecule has 8 heteroatoms. The summed E-state index contributed by atoms with van der Waals surface area (Å²) in [6.07, 6.45) is 0. The smallest absolute Gasteiger partial charge is 0.270 e. The van der Waals surface area contributed by atoms with Gasteiger partial charge in [-0.2, -0.15) is 0 Å². The highest BCUT2D eigenvalue weighted by molar-refractivity contribution is 6.31. The van der Waals surface area contributed by atoms with Gasteiger partial charge in [0.2, 0.25) is 0 Å². The number of nitro benzene ring substituents is 1.